The third kappa shape index (κ3) is 4.30. The zero-order valence-electron chi connectivity index (χ0n) is 17.7. The largest absolute Gasteiger partial charge is 0.467 e. The highest BCUT2D eigenvalue weighted by Crippen LogP contribution is 2.43. The van der Waals surface area contributed by atoms with Gasteiger partial charge in [-0.3, -0.25) is 4.79 Å². The van der Waals surface area contributed by atoms with Gasteiger partial charge in [-0.05, 0) is 50.2 Å². The number of halogens is 3. The van der Waals surface area contributed by atoms with Gasteiger partial charge in [-0.2, -0.15) is 18.3 Å². The molecule has 4 rings (SSSR count). The van der Waals surface area contributed by atoms with Gasteiger partial charge in [0.05, 0.1) is 12.3 Å². The van der Waals surface area contributed by atoms with E-state index < -0.39 is 24.2 Å². The molecule has 0 unspecified atom stereocenters. The summed E-state index contributed by atoms with van der Waals surface area (Å²) in [5, 5.41) is 9.66. The Morgan fingerprint density at radius 2 is 1.97 bits per heavy atom. The average molecular weight is 447 g/mol. The van der Waals surface area contributed by atoms with Gasteiger partial charge in [0.2, 0.25) is 0 Å². The van der Waals surface area contributed by atoms with Gasteiger partial charge in [0.15, 0.2) is 11.7 Å². The minimum atomic E-state index is -4.53. The van der Waals surface area contributed by atoms with Crippen LogP contribution < -0.4 is 15.5 Å². The molecular formula is C22H24F3N5O2. The van der Waals surface area contributed by atoms with Crippen LogP contribution in [0, 0.1) is 0 Å². The van der Waals surface area contributed by atoms with Gasteiger partial charge in [-0.1, -0.05) is 0 Å². The van der Waals surface area contributed by atoms with E-state index in [1.165, 1.54) is 12.3 Å². The molecule has 10 heteroatoms. The maximum atomic E-state index is 13.7. The summed E-state index contributed by atoms with van der Waals surface area (Å²) in [6, 6.07) is 9.30. The molecule has 2 aromatic heterocycles. The van der Waals surface area contributed by atoms with E-state index in [1.807, 2.05) is 12.1 Å². The van der Waals surface area contributed by atoms with Crippen LogP contribution >= 0.6 is 0 Å². The molecule has 1 aromatic carbocycles. The Bertz CT molecular complexity index is 1060. The number of nitrogens with zero attached hydrogens (tertiary/aromatic N) is 3. The van der Waals surface area contributed by atoms with Gasteiger partial charge in [0.25, 0.3) is 5.91 Å². The van der Waals surface area contributed by atoms with E-state index in [2.05, 4.69) is 34.5 Å². The predicted octanol–water partition coefficient (Wildman–Crippen LogP) is 5.23. The molecule has 170 valence electrons. The maximum absolute atomic E-state index is 13.7. The van der Waals surface area contributed by atoms with Crippen LogP contribution in [0.15, 0.2) is 53.1 Å². The average Bonchev–Trinajstić information content (AvgIpc) is 3.44. The Hall–Kier alpha value is -3.43. The second kappa shape index (κ2) is 8.60. The lowest BCUT2D eigenvalue weighted by Crippen LogP contribution is -2.35. The van der Waals surface area contributed by atoms with E-state index in [4.69, 9.17) is 4.42 Å². The highest BCUT2D eigenvalue weighted by atomic mass is 19.4. The van der Waals surface area contributed by atoms with Crippen molar-refractivity contribution in [2.24, 2.45) is 0 Å². The molecule has 7 nitrogen and oxygen atoms in total. The number of amides is 1. The fourth-order valence-corrected chi connectivity index (χ4v) is 3.90. The number of benzene rings is 1. The van der Waals surface area contributed by atoms with E-state index in [0.29, 0.717) is 11.4 Å². The number of anilines is 3. The van der Waals surface area contributed by atoms with Crippen molar-refractivity contribution in [2.45, 2.75) is 38.5 Å². The first-order chi connectivity index (χ1) is 15.3. The minimum absolute atomic E-state index is 0.102. The number of rotatable bonds is 6. The lowest BCUT2D eigenvalue weighted by atomic mass is 10.0. The van der Waals surface area contributed by atoms with E-state index in [-0.39, 0.29) is 17.9 Å². The van der Waals surface area contributed by atoms with Gasteiger partial charge in [-0.25, -0.2) is 4.68 Å². The number of carbonyl (C=O) groups is 1. The SMILES string of the molecule is CCN(CC)c1ccc(NC(=O)c2cc3n(n2)[C@@H](C(F)(F)F)C[C@@H](c2ccco2)N3)cc1. The summed E-state index contributed by atoms with van der Waals surface area (Å²) in [5.41, 5.74) is 1.45. The van der Waals surface area contributed by atoms with Crippen LogP contribution in [0.1, 0.15) is 48.6 Å². The summed E-state index contributed by atoms with van der Waals surface area (Å²) in [7, 11) is 0. The van der Waals surface area contributed by atoms with E-state index >= 15 is 0 Å². The molecule has 2 N–H and O–H groups in total. The Morgan fingerprint density at radius 3 is 2.56 bits per heavy atom. The van der Waals surface area contributed by atoms with Crippen LogP contribution in [0.5, 0.6) is 0 Å². The third-order valence-electron chi connectivity index (χ3n) is 5.56. The van der Waals surface area contributed by atoms with E-state index in [1.54, 1.807) is 24.3 Å². The second-order valence-electron chi connectivity index (χ2n) is 7.54. The topological polar surface area (TPSA) is 75.3 Å². The number of hydrogen-bond donors (Lipinski definition) is 2. The Morgan fingerprint density at radius 1 is 1.25 bits per heavy atom. The first-order valence-electron chi connectivity index (χ1n) is 10.4. The summed E-state index contributed by atoms with van der Waals surface area (Å²) in [5.74, 6) is -0.0761. The molecule has 1 aliphatic heterocycles. The zero-order chi connectivity index (χ0) is 22.9. The van der Waals surface area contributed by atoms with Gasteiger partial charge in [-0.15, -0.1) is 0 Å². The van der Waals surface area contributed by atoms with Crippen LogP contribution in [-0.4, -0.2) is 35.0 Å². The van der Waals surface area contributed by atoms with Crippen molar-refractivity contribution in [1.29, 1.82) is 0 Å². The summed E-state index contributed by atoms with van der Waals surface area (Å²) >= 11 is 0. The third-order valence-corrected chi connectivity index (χ3v) is 5.56. The van der Waals surface area contributed by atoms with Crippen LogP contribution in [-0.2, 0) is 0 Å². The molecule has 3 aromatic rings. The van der Waals surface area contributed by atoms with Crippen molar-refractivity contribution in [3.63, 3.8) is 0 Å². The standard InChI is InChI=1S/C22H24F3N5O2/c1-3-29(4-2)15-9-7-14(8-10-15)26-21(31)17-13-20-27-16(18-6-5-11-32-18)12-19(22(23,24)25)30(20)28-17/h5-11,13,16,19,27H,3-4,12H2,1-2H3,(H,26,31)/t16-,19+/m0/s1. The zero-order valence-corrected chi connectivity index (χ0v) is 17.7. The summed E-state index contributed by atoms with van der Waals surface area (Å²) in [6.07, 6.45) is -3.41. The number of carbonyl (C=O) groups excluding carboxylic acids is 1. The fourth-order valence-electron chi connectivity index (χ4n) is 3.90. The Balaban J connectivity index is 1.55. The number of fused-ring (bicyclic) bond motifs is 1. The lowest BCUT2D eigenvalue weighted by Gasteiger charge is -2.32. The highest BCUT2D eigenvalue weighted by molar-refractivity contribution is 6.03. The molecular weight excluding hydrogens is 423 g/mol. The molecule has 0 saturated carbocycles. The van der Waals surface area contributed by atoms with Gasteiger partial charge in [0.1, 0.15) is 11.6 Å². The molecule has 0 radical (unpaired) electrons. The Kier molecular flexibility index (Phi) is 5.86. The molecule has 1 aliphatic rings. The van der Waals surface area contributed by atoms with Gasteiger partial charge < -0.3 is 20.0 Å². The number of hydrogen-bond acceptors (Lipinski definition) is 5. The number of aromatic nitrogens is 2. The lowest BCUT2D eigenvalue weighted by molar-refractivity contribution is -0.174. The number of nitrogens with one attached hydrogen (secondary N) is 2. The number of furan rings is 1. The van der Waals surface area contributed by atoms with E-state index in [9.17, 15) is 18.0 Å². The molecule has 0 bridgehead atoms. The first kappa shape index (κ1) is 21.8. The Labute approximate surface area is 183 Å². The predicted molar refractivity (Wildman–Crippen MR) is 115 cm³/mol. The van der Waals surface area contributed by atoms with E-state index in [0.717, 1.165) is 23.5 Å². The first-order valence-corrected chi connectivity index (χ1v) is 10.4. The second-order valence-corrected chi connectivity index (χ2v) is 7.54. The quantitative estimate of drug-likeness (QED) is 0.541. The minimum Gasteiger partial charge on any atom is -0.467 e. The molecule has 0 aliphatic carbocycles. The summed E-state index contributed by atoms with van der Waals surface area (Å²) < 4.78 is 47.3. The smallest absolute Gasteiger partial charge is 0.410 e. The highest BCUT2D eigenvalue weighted by Gasteiger charge is 2.47. The van der Waals surface area contributed by atoms with Gasteiger partial charge >= 0.3 is 6.18 Å². The molecule has 0 saturated heterocycles. The van der Waals surface area contributed by atoms with Crippen LogP contribution in [0.2, 0.25) is 0 Å². The van der Waals surface area contributed by atoms with Gasteiger partial charge in [0, 0.05) is 37.0 Å². The number of alkyl halides is 3. The van der Waals surface area contributed by atoms with Crippen molar-refractivity contribution in [1.82, 2.24) is 9.78 Å². The molecule has 32 heavy (non-hydrogen) atoms. The monoisotopic (exact) mass is 447 g/mol. The van der Waals surface area contributed by atoms with Crippen molar-refractivity contribution < 1.29 is 22.4 Å². The summed E-state index contributed by atoms with van der Waals surface area (Å²) in [6.45, 7) is 5.82. The fraction of sp³-hybridized carbons (Fsp3) is 0.364. The van der Waals surface area contributed by atoms with Crippen LogP contribution in [0.25, 0.3) is 0 Å². The summed E-state index contributed by atoms with van der Waals surface area (Å²) in [4.78, 5) is 14.9. The molecule has 0 fully saturated rings. The van der Waals surface area contributed by atoms with Crippen LogP contribution in [0.3, 0.4) is 0 Å². The normalized spacial score (nSPS) is 18.0. The molecule has 2 atom stereocenters. The molecule has 1 amide bonds. The molecule has 3 heterocycles. The van der Waals surface area contributed by atoms with Crippen molar-refractivity contribution in [3.05, 3.63) is 60.2 Å². The van der Waals surface area contributed by atoms with Crippen LogP contribution in [0.4, 0.5) is 30.4 Å². The maximum Gasteiger partial charge on any atom is 0.410 e. The molecule has 0 spiro atoms. The van der Waals surface area contributed by atoms with Crippen molar-refractivity contribution in [3.8, 4) is 0 Å². The van der Waals surface area contributed by atoms with Crippen molar-refractivity contribution in [2.75, 3.05) is 28.6 Å². The van der Waals surface area contributed by atoms with Crippen molar-refractivity contribution >= 4 is 23.1 Å².